The van der Waals surface area contributed by atoms with E-state index in [0.717, 1.165) is 57.0 Å². The van der Waals surface area contributed by atoms with E-state index in [0.29, 0.717) is 18.1 Å². The molecule has 9 nitrogen and oxygen atoms in total. The smallest absolute Gasteiger partial charge is 0.416 e. The number of halogens is 4. The number of fused-ring (bicyclic) bond motifs is 1. The van der Waals surface area contributed by atoms with Gasteiger partial charge in [-0.05, 0) is 48.7 Å². The first-order valence-corrected chi connectivity index (χ1v) is 13.2. The standard InChI is InChI=1S/C20H18ClF3N2O3S.2C2H4O2.Cu/c21-17-8-5-14(20(22,23)24)12-18(17)29-15-6-3-13(4-7-15)16-2-1-9-26-10-11-30(27,28)25-19(16)26;2*1-2(3)4;/h3-8,12,16H,1-2,9-11H2;2*1H3,(H,3,4);/t16-;;;/m0.../s1. The third-order valence-electron chi connectivity index (χ3n) is 5.18. The van der Waals surface area contributed by atoms with Crippen LogP contribution in [0.5, 0.6) is 11.5 Å². The van der Waals surface area contributed by atoms with Gasteiger partial charge in [0, 0.05) is 49.9 Å². The number of carboxylic acid groups (broad SMARTS) is 2. The number of sulfonamides is 1. The quantitative estimate of drug-likeness (QED) is 0.434. The number of rotatable bonds is 3. The van der Waals surface area contributed by atoms with Gasteiger partial charge in [0.25, 0.3) is 22.0 Å². The summed E-state index contributed by atoms with van der Waals surface area (Å²) in [6, 6.07) is 9.70. The molecule has 39 heavy (non-hydrogen) atoms. The van der Waals surface area contributed by atoms with Crippen LogP contribution in [-0.4, -0.2) is 60.1 Å². The molecule has 2 aliphatic heterocycles. The molecule has 2 aromatic rings. The van der Waals surface area contributed by atoms with Crippen molar-refractivity contribution >= 4 is 39.4 Å². The number of piperidine rings is 1. The summed E-state index contributed by atoms with van der Waals surface area (Å²) < 4.78 is 72.2. The van der Waals surface area contributed by atoms with Gasteiger partial charge in [0.05, 0.1) is 16.3 Å². The maximum Gasteiger partial charge on any atom is 0.416 e. The van der Waals surface area contributed by atoms with E-state index in [1.807, 2.05) is 4.90 Å². The van der Waals surface area contributed by atoms with Crippen molar-refractivity contribution in [3.05, 3.63) is 58.6 Å². The number of hydrogen-bond acceptors (Lipinski definition) is 6. The van der Waals surface area contributed by atoms with Gasteiger partial charge in [-0.25, -0.2) is 8.42 Å². The molecule has 1 atom stereocenters. The molecule has 2 aliphatic rings. The normalized spacial score (nSPS) is 17.4. The number of alkyl halides is 3. The van der Waals surface area contributed by atoms with Gasteiger partial charge in [-0.2, -0.15) is 13.2 Å². The van der Waals surface area contributed by atoms with Crippen LogP contribution < -0.4 is 4.74 Å². The summed E-state index contributed by atoms with van der Waals surface area (Å²) in [6.07, 6.45) is -2.81. The van der Waals surface area contributed by atoms with Crippen LogP contribution in [0.4, 0.5) is 13.2 Å². The first-order chi connectivity index (χ1) is 17.6. The van der Waals surface area contributed by atoms with Gasteiger partial charge in [-0.1, -0.05) is 23.7 Å². The van der Waals surface area contributed by atoms with Gasteiger partial charge < -0.3 is 19.8 Å². The molecule has 0 amide bonds. The van der Waals surface area contributed by atoms with Crippen molar-refractivity contribution in [2.45, 2.75) is 38.8 Å². The molecule has 0 spiro atoms. The Kier molecular flexibility index (Phi) is 12.8. The largest absolute Gasteiger partial charge is 0.481 e. The van der Waals surface area contributed by atoms with Crippen LogP contribution in [0.3, 0.4) is 0 Å². The van der Waals surface area contributed by atoms with E-state index >= 15 is 0 Å². The zero-order chi connectivity index (χ0) is 28.7. The van der Waals surface area contributed by atoms with E-state index in [1.54, 1.807) is 24.3 Å². The minimum atomic E-state index is -4.50. The van der Waals surface area contributed by atoms with Crippen LogP contribution in [0.25, 0.3) is 0 Å². The van der Waals surface area contributed by atoms with E-state index in [1.165, 1.54) is 0 Å². The molecule has 2 aromatic carbocycles. The number of carbonyl (C=O) groups is 2. The van der Waals surface area contributed by atoms with Crippen LogP contribution in [-0.2, 0) is 42.9 Å². The molecule has 15 heteroatoms. The minimum Gasteiger partial charge on any atom is -0.481 e. The van der Waals surface area contributed by atoms with Crippen molar-refractivity contribution < 1.29 is 63.2 Å². The van der Waals surface area contributed by atoms with Crippen molar-refractivity contribution in [1.82, 2.24) is 4.90 Å². The second kappa shape index (κ2) is 14.5. The summed E-state index contributed by atoms with van der Waals surface area (Å²) in [4.78, 5) is 20.0. The molecule has 0 bridgehead atoms. The summed E-state index contributed by atoms with van der Waals surface area (Å²) in [7, 11) is -3.45. The van der Waals surface area contributed by atoms with Crippen molar-refractivity contribution in [1.29, 1.82) is 0 Å². The third-order valence-corrected chi connectivity index (χ3v) is 6.65. The minimum absolute atomic E-state index is 0. The van der Waals surface area contributed by atoms with E-state index < -0.39 is 33.7 Å². The summed E-state index contributed by atoms with van der Waals surface area (Å²) in [5.41, 5.74) is 0.0235. The Morgan fingerprint density at radius 2 is 1.62 bits per heavy atom. The Labute approximate surface area is 239 Å². The molecule has 0 aromatic heterocycles. The summed E-state index contributed by atoms with van der Waals surface area (Å²) in [5.74, 6) is -1.01. The van der Waals surface area contributed by atoms with E-state index in [4.69, 9.17) is 36.1 Å². The first kappa shape index (κ1) is 34.2. The maximum absolute atomic E-state index is 12.9. The van der Waals surface area contributed by atoms with Gasteiger partial charge in [0.2, 0.25) is 0 Å². The predicted octanol–water partition coefficient (Wildman–Crippen LogP) is 5.25. The molecule has 219 valence electrons. The molecule has 1 fully saturated rings. The zero-order valence-electron chi connectivity index (χ0n) is 20.7. The van der Waals surface area contributed by atoms with Gasteiger partial charge >= 0.3 is 6.18 Å². The SMILES string of the molecule is CC(=O)O.CC(=O)O.O=S1(=O)CCN2CCC[C@@H](c3ccc(Oc4cc(C(F)(F)F)ccc4Cl)cc3)C2=N1.[Cu]. The molecule has 0 saturated carbocycles. The number of amidine groups is 1. The number of aliphatic carboxylic acids is 2. The summed E-state index contributed by atoms with van der Waals surface area (Å²) in [5, 5.41) is 14.9. The molecule has 0 aliphatic carbocycles. The zero-order valence-corrected chi connectivity index (χ0v) is 23.2. The number of ether oxygens (including phenoxy) is 1. The van der Waals surface area contributed by atoms with Crippen LogP contribution in [0.15, 0.2) is 46.9 Å². The molecule has 1 saturated heterocycles. The third kappa shape index (κ3) is 11.1. The molecule has 4 rings (SSSR count). The van der Waals surface area contributed by atoms with E-state index in [-0.39, 0.29) is 39.5 Å². The van der Waals surface area contributed by atoms with Gasteiger partial charge in [-0.15, -0.1) is 4.40 Å². The average molecular weight is 643 g/mol. The molecule has 2 heterocycles. The first-order valence-electron chi connectivity index (χ1n) is 11.2. The molecular formula is C24H26ClCuF3N2O7S. The fraction of sp³-hybridized carbons (Fsp3) is 0.375. The van der Waals surface area contributed by atoms with Crippen LogP contribution in [0.1, 0.15) is 43.7 Å². The molecule has 0 unspecified atom stereocenters. The molecule has 1 radical (unpaired) electrons. The predicted molar refractivity (Wildman–Crippen MR) is 134 cm³/mol. The van der Waals surface area contributed by atoms with Crippen LogP contribution >= 0.6 is 11.6 Å². The summed E-state index contributed by atoms with van der Waals surface area (Å²) in [6.45, 7) is 3.38. The second-order valence-corrected chi connectivity index (χ2v) is 10.4. The number of carboxylic acids is 2. The van der Waals surface area contributed by atoms with E-state index in [2.05, 4.69) is 4.40 Å². The van der Waals surface area contributed by atoms with Gasteiger partial charge in [-0.3, -0.25) is 9.59 Å². The molecular weight excluding hydrogens is 616 g/mol. The van der Waals surface area contributed by atoms with Crippen LogP contribution in [0, 0.1) is 0 Å². The Balaban J connectivity index is 0.000000748. The maximum atomic E-state index is 12.9. The van der Waals surface area contributed by atoms with Crippen molar-refractivity contribution in [3.63, 3.8) is 0 Å². The van der Waals surface area contributed by atoms with Crippen molar-refractivity contribution in [3.8, 4) is 11.5 Å². The molecule has 2 N–H and O–H groups in total. The monoisotopic (exact) mass is 641 g/mol. The van der Waals surface area contributed by atoms with E-state index in [9.17, 15) is 21.6 Å². The van der Waals surface area contributed by atoms with Crippen molar-refractivity contribution in [2.75, 3.05) is 18.8 Å². The summed E-state index contributed by atoms with van der Waals surface area (Å²) >= 11 is 5.98. The number of nitrogens with zero attached hydrogens (tertiary/aromatic N) is 2. The Morgan fingerprint density at radius 1 is 1.05 bits per heavy atom. The number of hydrogen-bond donors (Lipinski definition) is 2. The Bertz CT molecular complexity index is 1270. The topological polar surface area (TPSA) is 134 Å². The Morgan fingerprint density at radius 3 is 2.15 bits per heavy atom. The number of benzene rings is 2. The van der Waals surface area contributed by atoms with Crippen molar-refractivity contribution in [2.24, 2.45) is 4.40 Å². The van der Waals surface area contributed by atoms with Crippen LogP contribution in [0.2, 0.25) is 5.02 Å². The fourth-order valence-corrected chi connectivity index (χ4v) is 4.91. The second-order valence-electron chi connectivity index (χ2n) is 8.27. The Hall–Kier alpha value is -2.80. The van der Waals surface area contributed by atoms with Gasteiger partial charge in [0.1, 0.15) is 17.3 Å². The average Bonchev–Trinajstić information content (AvgIpc) is 2.79. The van der Waals surface area contributed by atoms with Gasteiger partial charge in [0.15, 0.2) is 0 Å². The fourth-order valence-electron chi connectivity index (χ4n) is 3.68.